The van der Waals surface area contributed by atoms with Crippen molar-refractivity contribution < 1.29 is 0 Å². The average molecular weight is 441 g/mol. The molecule has 170 valence electrons. The van der Waals surface area contributed by atoms with Crippen LogP contribution in [0.3, 0.4) is 0 Å². The Balaban J connectivity index is 1.47. The van der Waals surface area contributed by atoms with E-state index in [9.17, 15) is 0 Å². The number of rotatable bonds is 10. The highest BCUT2D eigenvalue weighted by Gasteiger charge is 2.16. The number of benzene rings is 2. The van der Waals surface area contributed by atoms with Crippen LogP contribution in [0.2, 0.25) is 0 Å². The first-order valence-electron chi connectivity index (χ1n) is 11.1. The van der Waals surface area contributed by atoms with Crippen LogP contribution in [0.25, 0.3) is 11.4 Å². The number of hydrogen-bond acceptors (Lipinski definition) is 5. The normalized spacial score (nSPS) is 12.3. The average Bonchev–Trinajstić information content (AvgIpc) is 2.85. The van der Waals surface area contributed by atoms with E-state index in [1.807, 2.05) is 31.2 Å². The third-order valence-corrected chi connectivity index (χ3v) is 5.15. The molecule has 0 saturated carbocycles. The molecule has 0 saturated heterocycles. The van der Waals surface area contributed by atoms with E-state index in [4.69, 9.17) is 0 Å². The van der Waals surface area contributed by atoms with Crippen molar-refractivity contribution in [3.8, 4) is 11.4 Å². The third-order valence-electron chi connectivity index (χ3n) is 5.15. The van der Waals surface area contributed by atoms with Gasteiger partial charge in [0.05, 0.1) is 0 Å². The van der Waals surface area contributed by atoms with E-state index in [2.05, 4.69) is 87.5 Å². The fourth-order valence-corrected chi connectivity index (χ4v) is 3.27. The van der Waals surface area contributed by atoms with Gasteiger partial charge < -0.3 is 10.6 Å². The number of nitrogens with zero attached hydrogens (tertiary/aromatic N) is 4. The second-order valence-corrected chi connectivity index (χ2v) is 8.40. The zero-order valence-corrected chi connectivity index (χ0v) is 19.6. The van der Waals surface area contributed by atoms with Crippen molar-refractivity contribution >= 4 is 12.6 Å². The van der Waals surface area contributed by atoms with Gasteiger partial charge in [0, 0.05) is 54.9 Å². The van der Waals surface area contributed by atoms with Crippen LogP contribution >= 0.6 is 0 Å². The third kappa shape index (κ3) is 7.56. The molecule has 0 aliphatic heterocycles. The molecule has 0 radical (unpaired) electrons. The lowest BCUT2D eigenvalue weighted by Gasteiger charge is -2.27. The van der Waals surface area contributed by atoms with E-state index >= 15 is 0 Å². The first kappa shape index (κ1) is 24.2. The highest BCUT2D eigenvalue weighted by Crippen LogP contribution is 2.15. The van der Waals surface area contributed by atoms with E-state index in [0.29, 0.717) is 5.84 Å². The Bertz CT molecular complexity index is 1070. The second kappa shape index (κ2) is 11.9. The number of aromatic nitrogens is 2. The summed E-state index contributed by atoms with van der Waals surface area (Å²) < 4.78 is 0. The molecule has 0 aliphatic carbocycles. The van der Waals surface area contributed by atoms with Crippen LogP contribution in [0.1, 0.15) is 37.5 Å². The van der Waals surface area contributed by atoms with Gasteiger partial charge in [-0.1, -0.05) is 54.6 Å². The molecule has 1 heterocycles. The van der Waals surface area contributed by atoms with Gasteiger partial charge in [-0.15, -0.1) is 0 Å². The van der Waals surface area contributed by atoms with Crippen LogP contribution in [0, 0.1) is 0 Å². The largest absolute Gasteiger partial charge is 0.311 e. The first-order chi connectivity index (χ1) is 16.0. The van der Waals surface area contributed by atoms with E-state index in [1.165, 1.54) is 11.1 Å². The first-order valence-corrected chi connectivity index (χ1v) is 11.1. The van der Waals surface area contributed by atoms with Gasteiger partial charge in [0.2, 0.25) is 0 Å². The summed E-state index contributed by atoms with van der Waals surface area (Å²) in [6.45, 7) is 12.4. The maximum Gasteiger partial charge on any atom is 0.159 e. The minimum atomic E-state index is -0.0578. The Morgan fingerprint density at radius 3 is 2.24 bits per heavy atom. The van der Waals surface area contributed by atoms with Crippen LogP contribution in [-0.2, 0) is 13.1 Å². The van der Waals surface area contributed by atoms with Gasteiger partial charge in [0.15, 0.2) is 11.7 Å². The predicted molar refractivity (Wildman–Crippen MR) is 137 cm³/mol. The van der Waals surface area contributed by atoms with Gasteiger partial charge in [-0.3, -0.25) is 0 Å². The van der Waals surface area contributed by atoms with Crippen molar-refractivity contribution in [1.29, 1.82) is 0 Å². The Morgan fingerprint density at radius 2 is 1.61 bits per heavy atom. The fraction of sp³-hybridized carbons (Fsp3) is 0.259. The number of nitrogens with one attached hydrogen (secondary N) is 2. The molecule has 33 heavy (non-hydrogen) atoms. The van der Waals surface area contributed by atoms with Crippen molar-refractivity contribution in [3.63, 3.8) is 0 Å². The zero-order chi connectivity index (χ0) is 23.5. The molecule has 0 bridgehead atoms. The molecule has 6 heteroatoms. The van der Waals surface area contributed by atoms with Crippen LogP contribution in [0.5, 0.6) is 0 Å². The molecule has 2 N–H and O–H groups in total. The monoisotopic (exact) mass is 440 g/mol. The summed E-state index contributed by atoms with van der Waals surface area (Å²) in [6, 6.07) is 18.4. The SMILES string of the molecule is C=N/C(=N\C=C/C)c1ccc(CNC(C)(C)CNCc2ccc(-c3ncccn3)cc2)cc1. The minimum absolute atomic E-state index is 0.0578. The highest BCUT2D eigenvalue weighted by atomic mass is 15.0. The molecule has 6 nitrogen and oxygen atoms in total. The predicted octanol–water partition coefficient (Wildman–Crippen LogP) is 4.78. The van der Waals surface area contributed by atoms with Crippen molar-refractivity contribution in [3.05, 3.63) is 96.0 Å². The molecule has 0 aliphatic rings. The van der Waals surface area contributed by atoms with E-state index < -0.39 is 0 Å². The molecule has 0 amide bonds. The van der Waals surface area contributed by atoms with Crippen LogP contribution in [0.15, 0.2) is 89.3 Å². The summed E-state index contributed by atoms with van der Waals surface area (Å²) in [5, 5.41) is 7.19. The Morgan fingerprint density at radius 1 is 0.970 bits per heavy atom. The number of hydrogen-bond donors (Lipinski definition) is 2. The number of allylic oxidation sites excluding steroid dienone is 1. The summed E-state index contributed by atoms with van der Waals surface area (Å²) in [7, 11) is 0. The van der Waals surface area contributed by atoms with Crippen LogP contribution in [-0.4, -0.2) is 34.6 Å². The summed E-state index contributed by atoms with van der Waals surface area (Å²) in [5.74, 6) is 1.37. The summed E-state index contributed by atoms with van der Waals surface area (Å²) in [5.41, 5.74) is 4.36. The molecule has 0 spiro atoms. The van der Waals surface area contributed by atoms with E-state index in [0.717, 1.165) is 36.6 Å². The van der Waals surface area contributed by atoms with Gasteiger partial charge in [-0.2, -0.15) is 0 Å². The van der Waals surface area contributed by atoms with Crippen molar-refractivity contribution in [2.24, 2.45) is 9.98 Å². The number of aliphatic imine (C=N–C) groups is 2. The lowest BCUT2D eigenvalue weighted by atomic mass is 10.0. The smallest absolute Gasteiger partial charge is 0.159 e. The summed E-state index contributed by atoms with van der Waals surface area (Å²) in [4.78, 5) is 16.9. The van der Waals surface area contributed by atoms with E-state index in [1.54, 1.807) is 18.6 Å². The Kier molecular flexibility index (Phi) is 8.75. The zero-order valence-electron chi connectivity index (χ0n) is 19.6. The highest BCUT2D eigenvalue weighted by molar-refractivity contribution is 6.01. The molecule has 0 unspecified atom stereocenters. The van der Waals surface area contributed by atoms with Crippen LogP contribution in [0.4, 0.5) is 0 Å². The maximum atomic E-state index is 4.30. The van der Waals surface area contributed by atoms with Gasteiger partial charge >= 0.3 is 0 Å². The lowest BCUT2D eigenvalue weighted by molar-refractivity contribution is 0.362. The van der Waals surface area contributed by atoms with Crippen molar-refractivity contribution in [2.75, 3.05) is 6.54 Å². The lowest BCUT2D eigenvalue weighted by Crippen LogP contribution is -2.47. The second-order valence-electron chi connectivity index (χ2n) is 8.40. The molecule has 3 rings (SSSR count). The van der Waals surface area contributed by atoms with Crippen molar-refractivity contribution in [1.82, 2.24) is 20.6 Å². The molecular weight excluding hydrogens is 408 g/mol. The van der Waals surface area contributed by atoms with Gasteiger partial charge in [-0.25, -0.2) is 20.0 Å². The molecular formula is C27H32N6. The van der Waals surface area contributed by atoms with Gasteiger partial charge in [-0.05, 0) is 44.7 Å². The van der Waals surface area contributed by atoms with E-state index in [-0.39, 0.29) is 5.54 Å². The molecule has 3 aromatic rings. The Labute approximate surface area is 196 Å². The molecule has 1 aromatic heterocycles. The van der Waals surface area contributed by atoms with Crippen molar-refractivity contribution in [2.45, 2.75) is 39.4 Å². The maximum absolute atomic E-state index is 4.30. The fourth-order valence-electron chi connectivity index (χ4n) is 3.27. The molecule has 2 aromatic carbocycles. The quantitative estimate of drug-likeness (QED) is 0.351. The minimum Gasteiger partial charge on any atom is -0.311 e. The van der Waals surface area contributed by atoms with Crippen LogP contribution < -0.4 is 10.6 Å². The van der Waals surface area contributed by atoms with Gasteiger partial charge in [0.25, 0.3) is 0 Å². The topological polar surface area (TPSA) is 74.6 Å². The molecule has 0 atom stereocenters. The number of amidine groups is 1. The Hall–Kier alpha value is -3.48. The van der Waals surface area contributed by atoms with Gasteiger partial charge in [0.1, 0.15) is 0 Å². The standard InChI is InChI=1S/C27H32N6/c1-5-15-30-25(28-4)23-11-9-22(10-12-23)19-33-27(2,3)20-29-18-21-7-13-24(14-8-21)26-31-16-6-17-32-26/h5-17,29,33H,4,18-20H2,1-3H3/b15-5-,30-25-. The summed E-state index contributed by atoms with van der Waals surface area (Å²) in [6.07, 6.45) is 7.11. The summed E-state index contributed by atoms with van der Waals surface area (Å²) >= 11 is 0. The molecule has 0 fully saturated rings.